The summed E-state index contributed by atoms with van der Waals surface area (Å²) < 4.78 is 32.8. The Morgan fingerprint density at radius 2 is 0.677 bits per heavy atom. The highest BCUT2D eigenvalue weighted by Crippen LogP contribution is 2.43. The van der Waals surface area contributed by atoms with Crippen molar-refractivity contribution in [1.82, 2.24) is 0 Å². The number of allylic oxidation sites excluding steroid dienone is 8. The second kappa shape index (κ2) is 49.8. The Morgan fingerprint density at radius 1 is 0.415 bits per heavy atom. The van der Waals surface area contributed by atoms with E-state index in [1.54, 1.807) is 0 Å². The van der Waals surface area contributed by atoms with Gasteiger partial charge in [-0.2, -0.15) is 0 Å². The molecule has 0 aromatic carbocycles. The van der Waals surface area contributed by atoms with E-state index in [-0.39, 0.29) is 12.8 Å². The highest BCUT2D eigenvalue weighted by molar-refractivity contribution is 7.47. The number of ether oxygens (including phenoxy) is 2. The Morgan fingerprint density at radius 3 is 0.985 bits per heavy atom. The van der Waals surface area contributed by atoms with Crippen LogP contribution in [0.5, 0.6) is 0 Å². The SMILES string of the molecule is CCCCC/C=C\C/C=C\CCCCCCCCCCCC(=O)OC(CO)COP(=O)(O)OCC(CO)OC(=O)CCCCCCCCCCCCC/C=C\C/C=C\CCCCCCC. The first-order valence-corrected chi connectivity index (χ1v) is 28.1. The van der Waals surface area contributed by atoms with Gasteiger partial charge in [0, 0.05) is 12.8 Å². The third-order valence-corrected chi connectivity index (χ3v) is 12.5. The van der Waals surface area contributed by atoms with Crippen LogP contribution >= 0.6 is 7.82 Å². The van der Waals surface area contributed by atoms with Crippen molar-refractivity contribution in [3.63, 3.8) is 0 Å². The summed E-state index contributed by atoms with van der Waals surface area (Å²) in [6.07, 6.45) is 56.5. The molecule has 0 aliphatic rings. The second-order valence-corrected chi connectivity index (χ2v) is 19.3. The minimum atomic E-state index is -4.65. The maximum absolute atomic E-state index is 12.4. The second-order valence-electron chi connectivity index (χ2n) is 17.9. The quantitative estimate of drug-likeness (QED) is 0.0233. The molecule has 0 aromatic heterocycles. The third kappa shape index (κ3) is 48.2. The van der Waals surface area contributed by atoms with Gasteiger partial charge in [0.2, 0.25) is 0 Å². The van der Waals surface area contributed by atoms with Crippen molar-refractivity contribution >= 4 is 19.8 Å². The van der Waals surface area contributed by atoms with E-state index >= 15 is 0 Å². The Labute approximate surface area is 398 Å². The number of esters is 2. The molecule has 0 radical (unpaired) electrons. The number of aliphatic hydroxyl groups excluding tert-OH is 2. The van der Waals surface area contributed by atoms with Crippen LogP contribution < -0.4 is 0 Å². The summed E-state index contributed by atoms with van der Waals surface area (Å²) in [4.78, 5) is 34.7. The third-order valence-electron chi connectivity index (χ3n) is 11.5. The van der Waals surface area contributed by atoms with Crippen LogP contribution in [0.15, 0.2) is 48.6 Å². The molecule has 10 nitrogen and oxygen atoms in total. The normalized spacial score (nSPS) is 14.0. The lowest BCUT2D eigenvalue weighted by Crippen LogP contribution is -2.28. The van der Waals surface area contributed by atoms with Gasteiger partial charge >= 0.3 is 19.8 Å². The van der Waals surface area contributed by atoms with E-state index in [2.05, 4.69) is 62.5 Å². The molecule has 0 rings (SSSR count). The number of unbranched alkanes of at least 4 members (excludes halogenated alkanes) is 28. The van der Waals surface area contributed by atoms with Gasteiger partial charge in [-0.1, -0.05) is 204 Å². The van der Waals surface area contributed by atoms with Crippen LogP contribution in [0.2, 0.25) is 0 Å². The largest absolute Gasteiger partial charge is 0.472 e. The fraction of sp³-hybridized carbons (Fsp3) is 0.815. The van der Waals surface area contributed by atoms with Gasteiger partial charge in [-0.25, -0.2) is 4.57 Å². The minimum absolute atomic E-state index is 0.187. The monoisotopic (exact) mass is 939 g/mol. The van der Waals surface area contributed by atoms with E-state index < -0.39 is 58.4 Å². The number of hydrogen-bond acceptors (Lipinski definition) is 9. The number of phosphoric ester groups is 1. The van der Waals surface area contributed by atoms with Crippen LogP contribution in [0.4, 0.5) is 0 Å². The lowest BCUT2D eigenvalue weighted by atomic mass is 10.0. The van der Waals surface area contributed by atoms with Crippen molar-refractivity contribution in [2.24, 2.45) is 0 Å². The predicted octanol–water partition coefficient (Wildman–Crippen LogP) is 15.2. The van der Waals surface area contributed by atoms with Gasteiger partial charge in [-0.3, -0.25) is 18.6 Å². The van der Waals surface area contributed by atoms with E-state index in [9.17, 15) is 29.3 Å². The Bertz CT molecular complexity index is 1220. The summed E-state index contributed by atoms with van der Waals surface area (Å²) in [6.45, 7) is 2.20. The van der Waals surface area contributed by atoms with Gasteiger partial charge in [-0.15, -0.1) is 0 Å². The van der Waals surface area contributed by atoms with Gasteiger partial charge in [0.25, 0.3) is 0 Å². The van der Waals surface area contributed by atoms with Crippen molar-refractivity contribution in [3.8, 4) is 0 Å². The van der Waals surface area contributed by atoms with Crippen molar-refractivity contribution in [3.05, 3.63) is 48.6 Å². The molecule has 0 saturated carbocycles. The van der Waals surface area contributed by atoms with Crippen LogP contribution in [-0.4, -0.2) is 65.7 Å². The van der Waals surface area contributed by atoms with Crippen LogP contribution in [0, 0.1) is 0 Å². The molecule has 65 heavy (non-hydrogen) atoms. The maximum atomic E-state index is 12.4. The van der Waals surface area contributed by atoms with Crippen molar-refractivity contribution in [2.45, 2.75) is 257 Å². The lowest BCUT2D eigenvalue weighted by Gasteiger charge is -2.20. The van der Waals surface area contributed by atoms with Crippen LogP contribution in [0.3, 0.4) is 0 Å². The number of phosphoric acid groups is 1. The van der Waals surface area contributed by atoms with E-state index in [0.717, 1.165) is 57.8 Å². The van der Waals surface area contributed by atoms with Crippen molar-refractivity contribution in [2.75, 3.05) is 26.4 Å². The zero-order chi connectivity index (χ0) is 47.6. The molecule has 0 heterocycles. The molecule has 3 unspecified atom stereocenters. The standard InChI is InChI=1S/C54H99O10P/c1-3-5-7-9-11-13-15-17-19-21-23-24-25-26-28-30-32-34-36-38-40-42-44-46-54(58)64-52(48-56)50-62-65(59,60)61-49-51(47-55)63-53(57)45-43-41-39-37-35-33-31-29-27-22-20-18-16-14-12-10-8-6-4-2/h12,14-15,17-18,20-21,23,51-52,55-56H,3-11,13,16,19,22,24-50H2,1-2H3,(H,59,60)/b14-12-,17-15-,20-18-,23-21-. The summed E-state index contributed by atoms with van der Waals surface area (Å²) in [7, 11) is -4.65. The van der Waals surface area contributed by atoms with E-state index in [1.807, 2.05) is 0 Å². The molecule has 0 fully saturated rings. The number of carbonyl (C=O) groups is 2. The molecule has 0 bridgehead atoms. The van der Waals surface area contributed by atoms with Crippen LogP contribution in [0.1, 0.15) is 245 Å². The summed E-state index contributed by atoms with van der Waals surface area (Å²) in [6, 6.07) is 0. The number of rotatable bonds is 50. The Kier molecular flexibility index (Phi) is 48.2. The summed E-state index contributed by atoms with van der Waals surface area (Å²) in [5, 5.41) is 19.3. The molecule has 11 heteroatoms. The van der Waals surface area contributed by atoms with E-state index in [4.69, 9.17) is 18.5 Å². The molecule has 380 valence electrons. The Hall–Kier alpha value is -2.07. The minimum Gasteiger partial charge on any atom is -0.457 e. The van der Waals surface area contributed by atoms with Crippen molar-refractivity contribution in [1.29, 1.82) is 0 Å². The van der Waals surface area contributed by atoms with Gasteiger partial charge in [0.15, 0.2) is 0 Å². The first-order chi connectivity index (χ1) is 31.8. The van der Waals surface area contributed by atoms with Crippen LogP contribution in [0.25, 0.3) is 0 Å². The first kappa shape index (κ1) is 62.9. The summed E-state index contributed by atoms with van der Waals surface area (Å²) >= 11 is 0. The predicted molar refractivity (Wildman–Crippen MR) is 270 cm³/mol. The van der Waals surface area contributed by atoms with Gasteiger partial charge in [0.1, 0.15) is 12.2 Å². The molecule has 0 saturated heterocycles. The smallest absolute Gasteiger partial charge is 0.457 e. The molecule has 0 spiro atoms. The average molecular weight is 939 g/mol. The molecule has 3 N–H and O–H groups in total. The molecule has 0 aliphatic carbocycles. The van der Waals surface area contributed by atoms with Crippen LogP contribution in [-0.2, 0) is 32.7 Å². The van der Waals surface area contributed by atoms with Crippen molar-refractivity contribution < 1.29 is 47.8 Å². The Balaban J connectivity index is 3.82. The number of hydrogen-bond donors (Lipinski definition) is 3. The average Bonchev–Trinajstić information content (AvgIpc) is 3.30. The topological polar surface area (TPSA) is 149 Å². The fourth-order valence-electron chi connectivity index (χ4n) is 7.41. The molecule has 0 aliphatic heterocycles. The van der Waals surface area contributed by atoms with Gasteiger partial charge < -0.3 is 24.6 Å². The molecule has 3 atom stereocenters. The zero-order valence-corrected chi connectivity index (χ0v) is 42.6. The molecule has 0 amide bonds. The summed E-state index contributed by atoms with van der Waals surface area (Å²) in [5.41, 5.74) is 0. The maximum Gasteiger partial charge on any atom is 0.472 e. The molecule has 0 aromatic rings. The molecular formula is C54H99O10P. The highest BCUT2D eigenvalue weighted by Gasteiger charge is 2.27. The highest BCUT2D eigenvalue weighted by atomic mass is 31.2. The number of aliphatic hydroxyl groups is 2. The van der Waals surface area contributed by atoms with Gasteiger partial charge in [0.05, 0.1) is 26.4 Å². The zero-order valence-electron chi connectivity index (χ0n) is 41.7. The fourth-order valence-corrected chi connectivity index (χ4v) is 8.20. The van der Waals surface area contributed by atoms with E-state index in [1.165, 1.54) is 148 Å². The molecular weight excluding hydrogens is 840 g/mol. The number of carbonyl (C=O) groups excluding carboxylic acids is 2. The summed E-state index contributed by atoms with van der Waals surface area (Å²) in [5.74, 6) is -1.02. The first-order valence-electron chi connectivity index (χ1n) is 26.6. The lowest BCUT2D eigenvalue weighted by molar-refractivity contribution is -0.153. The van der Waals surface area contributed by atoms with Gasteiger partial charge in [-0.05, 0) is 77.0 Å². The van der Waals surface area contributed by atoms with E-state index in [0.29, 0.717) is 12.8 Å².